The normalized spacial score (nSPS) is 17.9. The molecule has 1 aliphatic heterocycles. The summed E-state index contributed by atoms with van der Waals surface area (Å²) in [5.74, 6) is 2.11. The number of carbonyl (C=O) groups excluding carboxylic acids is 1. The number of hydrogen-bond acceptors (Lipinski definition) is 4. The Hall–Kier alpha value is -0.910. The molecule has 6 heteroatoms. The molecule has 1 aliphatic rings. The standard InChI is InChI=1S/C15H22N2O2S.ClH/c1-20-9-7-13(16)15(18)17-10-11-6-8-19-14-5-3-2-4-12(11)14;/h2-5,11,13H,6-10,16H2,1H3,(H,17,18);1H/t11?,13-;/m0./s1. The van der Waals surface area contributed by atoms with Gasteiger partial charge in [-0.2, -0.15) is 11.8 Å². The Morgan fingerprint density at radius 2 is 2.29 bits per heavy atom. The fourth-order valence-electron chi connectivity index (χ4n) is 2.36. The number of nitrogens with two attached hydrogens (primary N) is 1. The summed E-state index contributed by atoms with van der Waals surface area (Å²) in [6.45, 7) is 1.34. The first-order chi connectivity index (χ1) is 9.72. The summed E-state index contributed by atoms with van der Waals surface area (Å²) in [4.78, 5) is 11.9. The van der Waals surface area contributed by atoms with Crippen LogP contribution in [0, 0.1) is 0 Å². The van der Waals surface area contributed by atoms with Gasteiger partial charge < -0.3 is 15.8 Å². The van der Waals surface area contributed by atoms with Crippen molar-refractivity contribution in [1.82, 2.24) is 5.32 Å². The predicted molar refractivity (Wildman–Crippen MR) is 90.5 cm³/mol. The molecule has 0 saturated heterocycles. The number of ether oxygens (including phenoxy) is 1. The Morgan fingerprint density at radius 3 is 3.05 bits per heavy atom. The SMILES string of the molecule is CSCC[C@H](N)C(=O)NCC1CCOc2ccccc21.Cl. The van der Waals surface area contributed by atoms with Crippen LogP contribution in [0.2, 0.25) is 0 Å². The monoisotopic (exact) mass is 330 g/mol. The van der Waals surface area contributed by atoms with E-state index < -0.39 is 6.04 Å². The Morgan fingerprint density at radius 1 is 1.52 bits per heavy atom. The van der Waals surface area contributed by atoms with Crippen LogP contribution in [0.4, 0.5) is 0 Å². The summed E-state index contributed by atoms with van der Waals surface area (Å²) >= 11 is 1.71. The van der Waals surface area contributed by atoms with E-state index in [1.807, 2.05) is 24.5 Å². The minimum Gasteiger partial charge on any atom is -0.493 e. The summed E-state index contributed by atoms with van der Waals surface area (Å²) in [6.07, 6.45) is 3.66. The molecule has 4 nitrogen and oxygen atoms in total. The average Bonchev–Trinajstić information content (AvgIpc) is 2.50. The zero-order valence-electron chi connectivity index (χ0n) is 12.2. The maximum Gasteiger partial charge on any atom is 0.236 e. The molecule has 1 amide bonds. The largest absolute Gasteiger partial charge is 0.493 e. The van der Waals surface area contributed by atoms with Crippen LogP contribution in [0.15, 0.2) is 24.3 Å². The minimum atomic E-state index is -0.405. The third kappa shape index (κ3) is 5.09. The highest BCUT2D eigenvalue weighted by atomic mass is 35.5. The molecule has 0 saturated carbocycles. The van der Waals surface area contributed by atoms with Gasteiger partial charge in [0.1, 0.15) is 5.75 Å². The molecule has 1 aromatic rings. The zero-order valence-corrected chi connectivity index (χ0v) is 13.8. The van der Waals surface area contributed by atoms with E-state index in [9.17, 15) is 4.79 Å². The highest BCUT2D eigenvalue weighted by Crippen LogP contribution is 2.32. The molecule has 1 aromatic carbocycles. The number of halogens is 1. The van der Waals surface area contributed by atoms with Gasteiger partial charge in [-0.1, -0.05) is 18.2 Å². The van der Waals surface area contributed by atoms with Crippen LogP contribution in [-0.4, -0.2) is 37.1 Å². The van der Waals surface area contributed by atoms with Gasteiger partial charge in [-0.25, -0.2) is 0 Å². The maximum absolute atomic E-state index is 11.9. The van der Waals surface area contributed by atoms with Crippen LogP contribution in [0.3, 0.4) is 0 Å². The summed E-state index contributed by atoms with van der Waals surface area (Å²) in [7, 11) is 0. The topological polar surface area (TPSA) is 64.4 Å². The van der Waals surface area contributed by atoms with Crippen molar-refractivity contribution in [3.63, 3.8) is 0 Å². The molecule has 0 radical (unpaired) electrons. The first-order valence-corrected chi connectivity index (χ1v) is 8.35. The summed E-state index contributed by atoms with van der Waals surface area (Å²) < 4.78 is 5.62. The average molecular weight is 331 g/mol. The molecule has 0 fully saturated rings. The van der Waals surface area contributed by atoms with E-state index in [4.69, 9.17) is 10.5 Å². The molecule has 0 spiro atoms. The van der Waals surface area contributed by atoms with Gasteiger partial charge in [0.15, 0.2) is 0 Å². The Kier molecular flexibility index (Phi) is 7.93. The van der Waals surface area contributed by atoms with Gasteiger partial charge in [-0.15, -0.1) is 12.4 Å². The number of carbonyl (C=O) groups is 1. The highest BCUT2D eigenvalue weighted by molar-refractivity contribution is 7.98. The number of amides is 1. The Bertz CT molecular complexity index is 459. The van der Waals surface area contributed by atoms with Gasteiger partial charge in [0, 0.05) is 12.5 Å². The lowest BCUT2D eigenvalue weighted by molar-refractivity contribution is -0.122. The Labute approximate surface area is 136 Å². The van der Waals surface area contributed by atoms with E-state index in [-0.39, 0.29) is 18.3 Å². The van der Waals surface area contributed by atoms with E-state index in [2.05, 4.69) is 11.4 Å². The second kappa shape index (κ2) is 9.18. The van der Waals surface area contributed by atoms with Crippen LogP contribution in [-0.2, 0) is 4.79 Å². The number of rotatable bonds is 6. The third-order valence-corrected chi connectivity index (χ3v) is 4.22. The van der Waals surface area contributed by atoms with E-state index in [0.717, 1.165) is 24.3 Å². The Balaban J connectivity index is 0.00000220. The lowest BCUT2D eigenvalue weighted by Gasteiger charge is -2.26. The number of para-hydroxylation sites is 1. The number of hydrogen-bond donors (Lipinski definition) is 2. The fraction of sp³-hybridized carbons (Fsp3) is 0.533. The molecule has 0 bridgehead atoms. The second-order valence-corrected chi connectivity index (χ2v) is 5.99. The first kappa shape index (κ1) is 18.1. The first-order valence-electron chi connectivity index (χ1n) is 6.96. The molecule has 2 atom stereocenters. The molecule has 3 N–H and O–H groups in total. The molecule has 2 rings (SSSR count). The lowest BCUT2D eigenvalue weighted by Crippen LogP contribution is -2.42. The smallest absolute Gasteiger partial charge is 0.236 e. The van der Waals surface area contributed by atoms with Crippen molar-refractivity contribution in [1.29, 1.82) is 0 Å². The fourth-order valence-corrected chi connectivity index (χ4v) is 2.85. The van der Waals surface area contributed by atoms with Crippen LogP contribution < -0.4 is 15.8 Å². The van der Waals surface area contributed by atoms with Crippen molar-refractivity contribution in [3.8, 4) is 5.75 Å². The number of thioether (sulfide) groups is 1. The second-order valence-electron chi connectivity index (χ2n) is 5.01. The molecule has 1 heterocycles. The van der Waals surface area contributed by atoms with E-state index in [1.54, 1.807) is 11.8 Å². The highest BCUT2D eigenvalue weighted by Gasteiger charge is 2.22. The molecule has 1 unspecified atom stereocenters. The molecule has 118 valence electrons. The quantitative estimate of drug-likeness (QED) is 0.839. The van der Waals surface area contributed by atoms with Crippen LogP contribution >= 0.6 is 24.2 Å². The zero-order chi connectivity index (χ0) is 14.4. The van der Waals surface area contributed by atoms with Gasteiger partial charge in [0.05, 0.1) is 12.6 Å². The summed E-state index contributed by atoms with van der Waals surface area (Å²) in [5, 5.41) is 2.97. The summed E-state index contributed by atoms with van der Waals surface area (Å²) in [5.41, 5.74) is 7.04. The number of nitrogens with one attached hydrogen (secondary N) is 1. The van der Waals surface area contributed by atoms with Crippen molar-refractivity contribution < 1.29 is 9.53 Å². The van der Waals surface area contributed by atoms with Crippen LogP contribution in [0.25, 0.3) is 0 Å². The number of fused-ring (bicyclic) bond motifs is 1. The van der Waals surface area contributed by atoms with Crippen LogP contribution in [0.1, 0.15) is 24.3 Å². The van der Waals surface area contributed by atoms with E-state index in [1.165, 1.54) is 5.56 Å². The van der Waals surface area contributed by atoms with Crippen molar-refractivity contribution in [3.05, 3.63) is 29.8 Å². The van der Waals surface area contributed by atoms with Crippen molar-refractivity contribution >= 4 is 30.1 Å². The molecule has 0 aliphatic carbocycles. The van der Waals surface area contributed by atoms with E-state index >= 15 is 0 Å². The van der Waals surface area contributed by atoms with Gasteiger partial charge in [0.25, 0.3) is 0 Å². The van der Waals surface area contributed by atoms with Gasteiger partial charge >= 0.3 is 0 Å². The molecular formula is C15H23ClN2O2S. The maximum atomic E-state index is 11.9. The van der Waals surface area contributed by atoms with Crippen molar-refractivity contribution in [2.45, 2.75) is 24.8 Å². The summed E-state index contributed by atoms with van der Waals surface area (Å²) in [6, 6.07) is 7.62. The van der Waals surface area contributed by atoms with Gasteiger partial charge in [0.2, 0.25) is 5.91 Å². The van der Waals surface area contributed by atoms with Gasteiger partial charge in [-0.05, 0) is 36.5 Å². The molecule has 21 heavy (non-hydrogen) atoms. The minimum absolute atomic E-state index is 0. The lowest BCUT2D eigenvalue weighted by atomic mass is 9.93. The van der Waals surface area contributed by atoms with Crippen molar-refractivity contribution in [2.75, 3.05) is 25.2 Å². The molecular weight excluding hydrogens is 308 g/mol. The number of benzene rings is 1. The van der Waals surface area contributed by atoms with E-state index in [0.29, 0.717) is 19.1 Å². The van der Waals surface area contributed by atoms with Gasteiger partial charge in [-0.3, -0.25) is 4.79 Å². The van der Waals surface area contributed by atoms with Crippen LogP contribution in [0.5, 0.6) is 5.75 Å². The third-order valence-electron chi connectivity index (χ3n) is 3.58. The molecule has 0 aromatic heterocycles. The van der Waals surface area contributed by atoms with Crippen molar-refractivity contribution in [2.24, 2.45) is 5.73 Å². The predicted octanol–water partition coefficient (Wildman–Crippen LogP) is 2.17.